The van der Waals surface area contributed by atoms with Crippen LogP contribution in [0.3, 0.4) is 0 Å². The van der Waals surface area contributed by atoms with Crippen LogP contribution in [-0.2, 0) is 9.53 Å². The second kappa shape index (κ2) is 10.4. The van der Waals surface area contributed by atoms with E-state index < -0.39 is 0 Å². The Balaban J connectivity index is 1.59. The van der Waals surface area contributed by atoms with Crippen molar-refractivity contribution in [2.75, 3.05) is 26.4 Å². The van der Waals surface area contributed by atoms with Crippen molar-refractivity contribution in [1.29, 1.82) is 0 Å². The first-order chi connectivity index (χ1) is 12.1. The number of halogens is 1. The molecule has 0 bridgehead atoms. The molecule has 140 valence electrons. The van der Waals surface area contributed by atoms with Crippen LogP contribution in [0.5, 0.6) is 5.75 Å². The number of carbonyl (C=O) groups excluding carboxylic acids is 1. The molecule has 1 amide bonds. The number of rotatable bonds is 9. The van der Waals surface area contributed by atoms with E-state index in [1.807, 2.05) is 13.8 Å². The van der Waals surface area contributed by atoms with Crippen LogP contribution in [-0.4, -0.2) is 32.3 Å². The van der Waals surface area contributed by atoms with Crippen LogP contribution < -0.4 is 10.1 Å². The maximum Gasteiger partial charge on any atom is 0.223 e. The Bertz CT molecular complexity index is 542. The van der Waals surface area contributed by atoms with Crippen molar-refractivity contribution in [3.8, 4) is 5.75 Å². The Kier molecular flexibility index (Phi) is 8.19. The van der Waals surface area contributed by atoms with E-state index in [-0.39, 0.29) is 23.6 Å². The van der Waals surface area contributed by atoms with Crippen molar-refractivity contribution >= 4 is 5.91 Å². The first-order valence-electron chi connectivity index (χ1n) is 9.35. The molecule has 1 N–H and O–H groups in total. The van der Waals surface area contributed by atoms with Gasteiger partial charge in [-0.2, -0.15) is 0 Å². The summed E-state index contributed by atoms with van der Waals surface area (Å²) >= 11 is 0. The van der Waals surface area contributed by atoms with Gasteiger partial charge in [-0.25, -0.2) is 4.39 Å². The van der Waals surface area contributed by atoms with Crippen LogP contribution in [0.25, 0.3) is 0 Å². The maximum atomic E-state index is 13.4. The molecule has 1 aromatic rings. The van der Waals surface area contributed by atoms with Gasteiger partial charge in [0.15, 0.2) is 0 Å². The minimum absolute atomic E-state index is 0.154. The molecule has 1 saturated carbocycles. The largest absolute Gasteiger partial charge is 0.491 e. The molecule has 0 saturated heterocycles. The average Bonchev–Trinajstić information content (AvgIpc) is 2.61. The molecule has 2 rings (SSSR count). The van der Waals surface area contributed by atoms with E-state index >= 15 is 0 Å². The van der Waals surface area contributed by atoms with Gasteiger partial charge in [-0.15, -0.1) is 0 Å². The van der Waals surface area contributed by atoms with Gasteiger partial charge in [0.1, 0.15) is 18.2 Å². The van der Waals surface area contributed by atoms with E-state index in [0.29, 0.717) is 32.1 Å². The van der Waals surface area contributed by atoms with E-state index in [4.69, 9.17) is 9.47 Å². The smallest absolute Gasteiger partial charge is 0.223 e. The predicted octanol–water partition coefficient (Wildman–Crippen LogP) is 4.04. The summed E-state index contributed by atoms with van der Waals surface area (Å²) < 4.78 is 24.5. The Morgan fingerprint density at radius 2 is 1.96 bits per heavy atom. The molecular formula is C20H30FNO3. The molecule has 1 aliphatic carbocycles. The van der Waals surface area contributed by atoms with Crippen molar-refractivity contribution in [3.05, 3.63) is 29.6 Å². The average molecular weight is 351 g/mol. The monoisotopic (exact) mass is 351 g/mol. The molecule has 0 aromatic heterocycles. The number of benzene rings is 1. The summed E-state index contributed by atoms with van der Waals surface area (Å²) in [6, 6.07) is 4.63. The van der Waals surface area contributed by atoms with E-state index in [1.54, 1.807) is 6.07 Å². The van der Waals surface area contributed by atoms with Gasteiger partial charge in [0.05, 0.1) is 13.2 Å². The van der Waals surface area contributed by atoms with Gasteiger partial charge in [-0.1, -0.05) is 39.2 Å². The van der Waals surface area contributed by atoms with Crippen LogP contribution >= 0.6 is 0 Å². The van der Waals surface area contributed by atoms with Crippen LogP contribution in [0.1, 0.15) is 57.4 Å². The molecule has 25 heavy (non-hydrogen) atoms. The zero-order chi connectivity index (χ0) is 18.1. The second-order valence-electron chi connectivity index (χ2n) is 6.92. The molecule has 1 aromatic carbocycles. The van der Waals surface area contributed by atoms with Gasteiger partial charge in [-0.3, -0.25) is 4.79 Å². The number of hydrogen-bond donors (Lipinski definition) is 1. The zero-order valence-corrected chi connectivity index (χ0v) is 15.4. The molecule has 0 spiro atoms. The summed E-state index contributed by atoms with van der Waals surface area (Å²) in [6.07, 6.45) is 5.57. The van der Waals surface area contributed by atoms with Crippen LogP contribution in [0, 0.1) is 11.7 Å². The van der Waals surface area contributed by atoms with Gasteiger partial charge in [0, 0.05) is 18.5 Å². The third kappa shape index (κ3) is 6.65. The molecule has 5 heteroatoms. The fourth-order valence-corrected chi connectivity index (χ4v) is 3.18. The van der Waals surface area contributed by atoms with E-state index in [0.717, 1.165) is 31.2 Å². The lowest BCUT2D eigenvalue weighted by Crippen LogP contribution is -2.34. The SMILES string of the molecule is CC(C)c1ccc(F)cc1OCCOCCNC(=O)C1CCCCC1. The summed E-state index contributed by atoms with van der Waals surface area (Å²) in [6.45, 7) is 5.85. The summed E-state index contributed by atoms with van der Waals surface area (Å²) in [5.74, 6) is 0.877. The van der Waals surface area contributed by atoms with Crippen molar-refractivity contribution < 1.29 is 18.7 Å². The third-order valence-electron chi connectivity index (χ3n) is 4.60. The lowest BCUT2D eigenvalue weighted by Gasteiger charge is -2.20. The van der Waals surface area contributed by atoms with Gasteiger partial charge in [-0.05, 0) is 30.4 Å². The Hall–Kier alpha value is -1.62. The van der Waals surface area contributed by atoms with Crippen molar-refractivity contribution in [3.63, 3.8) is 0 Å². The highest BCUT2D eigenvalue weighted by Gasteiger charge is 2.20. The fourth-order valence-electron chi connectivity index (χ4n) is 3.18. The predicted molar refractivity (Wildman–Crippen MR) is 96.4 cm³/mol. The van der Waals surface area contributed by atoms with Gasteiger partial charge >= 0.3 is 0 Å². The van der Waals surface area contributed by atoms with E-state index in [9.17, 15) is 9.18 Å². The standard InChI is InChI=1S/C20H30FNO3/c1-15(2)18-9-8-17(21)14-19(18)25-13-12-24-11-10-22-20(23)16-6-4-3-5-7-16/h8-9,14-16H,3-7,10-13H2,1-2H3,(H,22,23). The molecule has 0 aliphatic heterocycles. The summed E-state index contributed by atoms with van der Waals surface area (Å²) in [5, 5.41) is 2.94. The van der Waals surface area contributed by atoms with E-state index in [2.05, 4.69) is 5.32 Å². The van der Waals surface area contributed by atoms with E-state index in [1.165, 1.54) is 18.6 Å². The van der Waals surface area contributed by atoms with Crippen LogP contribution in [0.2, 0.25) is 0 Å². The topological polar surface area (TPSA) is 47.6 Å². The quantitative estimate of drug-likeness (QED) is 0.683. The molecule has 0 unspecified atom stereocenters. The third-order valence-corrected chi connectivity index (χ3v) is 4.60. The van der Waals surface area contributed by atoms with Crippen LogP contribution in [0.4, 0.5) is 4.39 Å². The molecular weight excluding hydrogens is 321 g/mol. The number of hydrogen-bond acceptors (Lipinski definition) is 3. The van der Waals surface area contributed by atoms with Crippen LogP contribution in [0.15, 0.2) is 18.2 Å². The minimum atomic E-state index is -0.300. The fraction of sp³-hybridized carbons (Fsp3) is 0.650. The normalized spacial score (nSPS) is 15.4. The minimum Gasteiger partial charge on any atom is -0.491 e. The zero-order valence-electron chi connectivity index (χ0n) is 15.4. The van der Waals surface area contributed by atoms with Crippen molar-refractivity contribution in [2.24, 2.45) is 5.92 Å². The molecule has 0 atom stereocenters. The highest BCUT2D eigenvalue weighted by molar-refractivity contribution is 5.78. The Morgan fingerprint density at radius 1 is 1.20 bits per heavy atom. The molecule has 0 radical (unpaired) electrons. The lowest BCUT2D eigenvalue weighted by molar-refractivity contribution is -0.126. The number of nitrogens with one attached hydrogen (secondary N) is 1. The van der Waals surface area contributed by atoms with Gasteiger partial charge < -0.3 is 14.8 Å². The first kappa shape index (κ1) is 19.7. The van der Waals surface area contributed by atoms with Gasteiger partial charge in [0.25, 0.3) is 0 Å². The number of amides is 1. The maximum absolute atomic E-state index is 13.4. The molecule has 1 aliphatic rings. The Labute approximate surface area is 150 Å². The lowest BCUT2D eigenvalue weighted by atomic mass is 9.89. The number of carbonyl (C=O) groups is 1. The highest BCUT2D eigenvalue weighted by atomic mass is 19.1. The van der Waals surface area contributed by atoms with Crippen molar-refractivity contribution in [2.45, 2.75) is 51.9 Å². The molecule has 0 heterocycles. The second-order valence-corrected chi connectivity index (χ2v) is 6.92. The highest BCUT2D eigenvalue weighted by Crippen LogP contribution is 2.27. The molecule has 4 nitrogen and oxygen atoms in total. The Morgan fingerprint density at radius 3 is 2.68 bits per heavy atom. The van der Waals surface area contributed by atoms with Gasteiger partial charge in [0.2, 0.25) is 5.91 Å². The summed E-state index contributed by atoms with van der Waals surface area (Å²) in [4.78, 5) is 12.0. The summed E-state index contributed by atoms with van der Waals surface area (Å²) in [5.41, 5.74) is 0.987. The summed E-state index contributed by atoms with van der Waals surface area (Å²) in [7, 11) is 0. The first-order valence-corrected chi connectivity index (χ1v) is 9.35. The number of ether oxygens (including phenoxy) is 2. The molecule has 1 fully saturated rings. The van der Waals surface area contributed by atoms with Crippen molar-refractivity contribution in [1.82, 2.24) is 5.32 Å².